The van der Waals surface area contributed by atoms with Crippen LogP contribution in [-0.4, -0.2) is 49.4 Å². The van der Waals surface area contributed by atoms with Crippen molar-refractivity contribution in [3.05, 3.63) is 156 Å². The first-order valence-corrected chi connectivity index (χ1v) is 16.3. The number of hydrogen-bond donors (Lipinski definition) is 2. The van der Waals surface area contributed by atoms with Gasteiger partial charge >= 0.3 is 6.18 Å². The van der Waals surface area contributed by atoms with Gasteiger partial charge in [0.1, 0.15) is 0 Å². The van der Waals surface area contributed by atoms with Gasteiger partial charge in [0, 0.05) is 56.2 Å². The molecule has 250 valence electrons. The molecule has 1 saturated heterocycles. The van der Waals surface area contributed by atoms with E-state index < -0.39 is 11.7 Å². The number of nitrogens with zero attached hydrogens (tertiary/aromatic N) is 2. The van der Waals surface area contributed by atoms with E-state index >= 15 is 0 Å². The molecule has 2 amide bonds. The third-order valence-corrected chi connectivity index (χ3v) is 8.83. The van der Waals surface area contributed by atoms with Crippen molar-refractivity contribution in [3.63, 3.8) is 0 Å². The molecule has 2 N–H and O–H groups in total. The molecule has 6 rings (SSSR count). The van der Waals surface area contributed by atoms with Crippen LogP contribution in [0.2, 0.25) is 0 Å². The van der Waals surface area contributed by atoms with Crippen molar-refractivity contribution in [3.8, 4) is 11.1 Å². The lowest BCUT2D eigenvalue weighted by atomic mass is 9.97. The van der Waals surface area contributed by atoms with Gasteiger partial charge in [-0.05, 0) is 64.7 Å². The van der Waals surface area contributed by atoms with E-state index in [9.17, 15) is 22.8 Å². The molecule has 0 aromatic heterocycles. The number of carbonyl (C=O) groups is 2. The molecular weight excluding hydrogens is 625 g/mol. The minimum absolute atomic E-state index is 0.0112. The van der Waals surface area contributed by atoms with Gasteiger partial charge in [-0.3, -0.25) is 14.5 Å². The van der Waals surface area contributed by atoms with Crippen molar-refractivity contribution in [2.45, 2.75) is 18.6 Å². The first-order valence-electron chi connectivity index (χ1n) is 16.3. The number of alkyl halides is 3. The number of hydrogen-bond acceptors (Lipinski definition) is 4. The highest BCUT2D eigenvalue weighted by Crippen LogP contribution is 2.32. The van der Waals surface area contributed by atoms with Gasteiger partial charge in [-0.15, -0.1) is 0 Å². The lowest BCUT2D eigenvalue weighted by Crippen LogP contribution is -2.49. The molecule has 1 unspecified atom stereocenters. The van der Waals surface area contributed by atoms with Gasteiger partial charge < -0.3 is 15.5 Å². The standard InChI is InChI=1S/C40H37F3N4O2/c41-40(42,43)32-17-15-31(16-18-32)35-13-7-8-14-36(35)39(49)45-33-19-21-34(22-20-33)47-25-23-46(24-26-47)28-37(30-11-5-2-6-12-30)38(48)44-27-29-9-3-1-4-10-29/h1-22,37H,23-28H2,(H,44,48)(H,45,49). The maximum Gasteiger partial charge on any atom is 0.416 e. The van der Waals surface area contributed by atoms with Gasteiger partial charge in [-0.2, -0.15) is 13.2 Å². The van der Waals surface area contributed by atoms with Crippen LogP contribution in [0.1, 0.15) is 33.0 Å². The maximum absolute atomic E-state index is 13.4. The first-order chi connectivity index (χ1) is 23.7. The van der Waals surface area contributed by atoms with Gasteiger partial charge in [0.15, 0.2) is 0 Å². The average molecular weight is 663 g/mol. The van der Waals surface area contributed by atoms with E-state index in [2.05, 4.69) is 20.4 Å². The summed E-state index contributed by atoms with van der Waals surface area (Å²) in [6.07, 6.45) is -4.43. The Morgan fingerprint density at radius 1 is 0.694 bits per heavy atom. The highest BCUT2D eigenvalue weighted by molar-refractivity contribution is 6.08. The molecule has 0 bridgehead atoms. The van der Waals surface area contributed by atoms with Crippen LogP contribution in [0.4, 0.5) is 24.5 Å². The van der Waals surface area contributed by atoms with Crippen LogP contribution in [0.3, 0.4) is 0 Å². The van der Waals surface area contributed by atoms with Crippen molar-refractivity contribution in [2.75, 3.05) is 42.9 Å². The summed E-state index contributed by atoms with van der Waals surface area (Å²) in [5.74, 6) is -0.626. The first kappa shape index (κ1) is 33.5. The minimum atomic E-state index is -4.43. The summed E-state index contributed by atoms with van der Waals surface area (Å²) in [7, 11) is 0. The number of anilines is 2. The fraction of sp³-hybridized carbons (Fsp3) is 0.200. The summed E-state index contributed by atoms with van der Waals surface area (Å²) in [5.41, 5.74) is 4.40. The van der Waals surface area contributed by atoms with Crippen LogP contribution in [-0.2, 0) is 17.5 Å². The number of carbonyl (C=O) groups excluding carboxylic acids is 2. The Hall–Kier alpha value is -5.41. The van der Waals surface area contributed by atoms with Crippen LogP contribution >= 0.6 is 0 Å². The second kappa shape index (κ2) is 15.2. The number of rotatable bonds is 10. The lowest BCUT2D eigenvalue weighted by Gasteiger charge is -2.37. The molecule has 5 aromatic rings. The molecule has 1 heterocycles. The van der Waals surface area contributed by atoms with Crippen molar-refractivity contribution < 1.29 is 22.8 Å². The predicted molar refractivity (Wildman–Crippen MR) is 187 cm³/mol. The summed E-state index contributed by atoms with van der Waals surface area (Å²) in [6.45, 7) is 4.29. The smallest absolute Gasteiger partial charge is 0.369 e. The zero-order valence-corrected chi connectivity index (χ0v) is 26.9. The average Bonchev–Trinajstić information content (AvgIpc) is 3.14. The predicted octanol–water partition coefficient (Wildman–Crippen LogP) is 7.85. The van der Waals surface area contributed by atoms with E-state index in [-0.39, 0.29) is 17.7 Å². The third-order valence-electron chi connectivity index (χ3n) is 8.83. The molecule has 1 fully saturated rings. The SMILES string of the molecule is O=C(Nc1ccc(N2CCN(CC(C(=O)NCc3ccccc3)c3ccccc3)CC2)cc1)c1ccccc1-c1ccc(C(F)(F)F)cc1. The Morgan fingerprint density at radius 2 is 1.31 bits per heavy atom. The molecule has 5 aromatic carbocycles. The lowest BCUT2D eigenvalue weighted by molar-refractivity contribution is -0.137. The molecule has 1 aliphatic rings. The molecule has 1 aliphatic heterocycles. The monoisotopic (exact) mass is 662 g/mol. The van der Waals surface area contributed by atoms with Gasteiger partial charge in [0.05, 0.1) is 11.5 Å². The Labute approximate surface area is 284 Å². The highest BCUT2D eigenvalue weighted by Gasteiger charge is 2.30. The normalized spacial score (nSPS) is 14.2. The van der Waals surface area contributed by atoms with Gasteiger partial charge in [0.2, 0.25) is 5.91 Å². The second-order valence-electron chi connectivity index (χ2n) is 12.1. The summed E-state index contributed by atoms with van der Waals surface area (Å²) < 4.78 is 39.2. The van der Waals surface area contributed by atoms with E-state index in [0.717, 1.165) is 55.1 Å². The molecule has 0 radical (unpaired) electrons. The fourth-order valence-electron chi connectivity index (χ4n) is 6.11. The second-order valence-corrected chi connectivity index (χ2v) is 12.1. The van der Waals surface area contributed by atoms with E-state index in [1.165, 1.54) is 12.1 Å². The summed E-state index contributed by atoms with van der Waals surface area (Å²) in [4.78, 5) is 31.3. The van der Waals surface area contributed by atoms with Gasteiger partial charge in [-0.25, -0.2) is 0 Å². The van der Waals surface area contributed by atoms with Crippen molar-refractivity contribution in [1.82, 2.24) is 10.2 Å². The van der Waals surface area contributed by atoms with E-state index in [0.29, 0.717) is 35.5 Å². The van der Waals surface area contributed by atoms with E-state index in [1.54, 1.807) is 24.3 Å². The summed E-state index contributed by atoms with van der Waals surface area (Å²) in [6, 6.07) is 39.1. The quantitative estimate of drug-likeness (QED) is 0.160. The van der Waals surface area contributed by atoms with Crippen LogP contribution in [0, 0.1) is 0 Å². The minimum Gasteiger partial charge on any atom is -0.369 e. The molecule has 6 nitrogen and oxygen atoms in total. The highest BCUT2D eigenvalue weighted by atomic mass is 19.4. The molecule has 1 atom stereocenters. The largest absolute Gasteiger partial charge is 0.416 e. The molecule has 0 aliphatic carbocycles. The van der Waals surface area contributed by atoms with Crippen molar-refractivity contribution in [1.29, 1.82) is 0 Å². The van der Waals surface area contributed by atoms with E-state index in [1.807, 2.05) is 84.9 Å². The molecule has 49 heavy (non-hydrogen) atoms. The third kappa shape index (κ3) is 8.55. The van der Waals surface area contributed by atoms with Gasteiger partial charge in [-0.1, -0.05) is 91.0 Å². The summed E-state index contributed by atoms with van der Waals surface area (Å²) in [5, 5.41) is 6.05. The Kier molecular flexibility index (Phi) is 10.4. The van der Waals surface area contributed by atoms with Crippen LogP contribution in [0.5, 0.6) is 0 Å². The van der Waals surface area contributed by atoms with Crippen LogP contribution in [0.15, 0.2) is 133 Å². The van der Waals surface area contributed by atoms with Gasteiger partial charge in [0.25, 0.3) is 5.91 Å². The number of halogens is 3. The van der Waals surface area contributed by atoms with E-state index in [4.69, 9.17) is 0 Å². The van der Waals surface area contributed by atoms with Crippen molar-refractivity contribution in [2.24, 2.45) is 0 Å². The Morgan fingerprint density at radius 3 is 1.96 bits per heavy atom. The van der Waals surface area contributed by atoms with Crippen molar-refractivity contribution >= 4 is 23.2 Å². The molecule has 0 saturated carbocycles. The Bertz CT molecular complexity index is 1840. The number of benzene rings is 5. The summed E-state index contributed by atoms with van der Waals surface area (Å²) >= 11 is 0. The molecule has 0 spiro atoms. The van der Waals surface area contributed by atoms with Crippen LogP contribution < -0.4 is 15.5 Å². The number of piperazine rings is 1. The molecular formula is C40H37F3N4O2. The number of amides is 2. The maximum atomic E-state index is 13.4. The zero-order chi connectivity index (χ0) is 34.2. The zero-order valence-electron chi connectivity index (χ0n) is 26.9. The Balaban J connectivity index is 1.05. The topological polar surface area (TPSA) is 64.7 Å². The fourth-order valence-corrected chi connectivity index (χ4v) is 6.11. The van der Waals surface area contributed by atoms with Crippen LogP contribution in [0.25, 0.3) is 11.1 Å². The molecule has 9 heteroatoms. The number of nitrogens with one attached hydrogen (secondary N) is 2.